The second-order valence-electron chi connectivity index (χ2n) is 7.42. The van der Waals surface area contributed by atoms with Crippen molar-refractivity contribution in [2.75, 3.05) is 13.1 Å². The molecule has 2 aromatic carbocycles. The van der Waals surface area contributed by atoms with E-state index in [4.69, 9.17) is 0 Å². The first-order chi connectivity index (χ1) is 14.5. The molecule has 0 radical (unpaired) electrons. The summed E-state index contributed by atoms with van der Waals surface area (Å²) in [6.07, 6.45) is 5.18. The van der Waals surface area contributed by atoms with Crippen molar-refractivity contribution < 1.29 is 19.8 Å². The molecule has 0 spiro atoms. The first-order valence-electron chi connectivity index (χ1n) is 9.86. The normalized spacial score (nSPS) is 14.5. The summed E-state index contributed by atoms with van der Waals surface area (Å²) in [6.45, 7) is 0.986. The number of carbonyl (C=O) groups is 2. The zero-order valence-corrected chi connectivity index (χ0v) is 16.4. The fraction of sp³-hybridized carbons (Fsp3) is 0.217. The standard InChI is InChI=1S/C23H23N3O4/c27-20-13-17(14-21(28)15-20)23(30)26-11-7-18(8-12-26)24-22(29)16-3-5-19(6-4-16)25-9-1-2-10-25/h1-6,9-10,13-15,18,27-28H,7-8,11-12H2,(H,24,29). The Labute approximate surface area is 174 Å². The zero-order valence-electron chi connectivity index (χ0n) is 16.4. The van der Waals surface area contributed by atoms with Gasteiger partial charge in [0, 0.05) is 54.4 Å². The third-order valence-corrected chi connectivity index (χ3v) is 5.30. The second kappa shape index (κ2) is 8.32. The van der Waals surface area contributed by atoms with E-state index >= 15 is 0 Å². The number of rotatable bonds is 4. The van der Waals surface area contributed by atoms with E-state index in [0.29, 0.717) is 31.5 Å². The molecule has 30 heavy (non-hydrogen) atoms. The molecule has 7 nitrogen and oxygen atoms in total. The maximum atomic E-state index is 12.6. The van der Waals surface area contributed by atoms with Gasteiger partial charge in [-0.1, -0.05) is 0 Å². The van der Waals surface area contributed by atoms with Crippen molar-refractivity contribution >= 4 is 11.8 Å². The number of hydrogen-bond acceptors (Lipinski definition) is 4. The lowest BCUT2D eigenvalue weighted by atomic mass is 10.0. The molecule has 3 aromatic rings. The van der Waals surface area contributed by atoms with E-state index in [1.54, 1.807) is 17.0 Å². The highest BCUT2D eigenvalue weighted by molar-refractivity contribution is 5.95. The van der Waals surface area contributed by atoms with Crippen molar-refractivity contribution in [3.63, 3.8) is 0 Å². The van der Waals surface area contributed by atoms with Crippen LogP contribution < -0.4 is 5.32 Å². The lowest BCUT2D eigenvalue weighted by Gasteiger charge is -2.32. The number of aromatic nitrogens is 1. The quantitative estimate of drug-likeness (QED) is 0.622. The Kier molecular flexibility index (Phi) is 5.43. The van der Waals surface area contributed by atoms with Crippen molar-refractivity contribution in [2.24, 2.45) is 0 Å². The van der Waals surface area contributed by atoms with Gasteiger partial charge in [-0.15, -0.1) is 0 Å². The minimum absolute atomic E-state index is 0.0109. The molecule has 0 bridgehead atoms. The molecule has 1 aliphatic rings. The largest absolute Gasteiger partial charge is 0.508 e. The number of phenolic OH excluding ortho intramolecular Hbond substituents is 2. The average molecular weight is 405 g/mol. The summed E-state index contributed by atoms with van der Waals surface area (Å²) in [5, 5.41) is 22.2. The van der Waals surface area contributed by atoms with Gasteiger partial charge in [0.1, 0.15) is 11.5 Å². The van der Waals surface area contributed by atoms with Crippen molar-refractivity contribution in [1.82, 2.24) is 14.8 Å². The van der Waals surface area contributed by atoms with Gasteiger partial charge in [0.25, 0.3) is 11.8 Å². The first kappa shape index (κ1) is 19.6. The Morgan fingerprint density at radius 3 is 2.07 bits per heavy atom. The van der Waals surface area contributed by atoms with E-state index in [1.807, 2.05) is 41.2 Å². The van der Waals surface area contributed by atoms with Gasteiger partial charge in [0.15, 0.2) is 0 Å². The summed E-state index contributed by atoms with van der Waals surface area (Å²) in [4.78, 5) is 26.8. The third kappa shape index (κ3) is 4.30. The Bertz CT molecular complexity index is 1020. The molecular weight excluding hydrogens is 382 g/mol. The lowest BCUT2D eigenvalue weighted by molar-refractivity contribution is 0.0697. The van der Waals surface area contributed by atoms with Crippen LogP contribution in [0, 0.1) is 0 Å². The van der Waals surface area contributed by atoms with Gasteiger partial charge in [0.2, 0.25) is 0 Å². The van der Waals surface area contributed by atoms with Crippen molar-refractivity contribution in [3.8, 4) is 17.2 Å². The van der Waals surface area contributed by atoms with E-state index in [1.165, 1.54) is 18.2 Å². The van der Waals surface area contributed by atoms with Gasteiger partial charge in [-0.3, -0.25) is 9.59 Å². The van der Waals surface area contributed by atoms with Crippen LogP contribution >= 0.6 is 0 Å². The molecular formula is C23H23N3O4. The molecule has 2 heterocycles. The van der Waals surface area contributed by atoms with Crippen LogP contribution in [0.4, 0.5) is 0 Å². The number of nitrogens with zero attached hydrogens (tertiary/aromatic N) is 2. The maximum Gasteiger partial charge on any atom is 0.254 e. The van der Waals surface area contributed by atoms with E-state index in [9.17, 15) is 19.8 Å². The van der Waals surface area contributed by atoms with Crippen molar-refractivity contribution in [1.29, 1.82) is 0 Å². The van der Waals surface area contributed by atoms with Crippen LogP contribution in [0.1, 0.15) is 33.6 Å². The number of aromatic hydroxyl groups is 2. The molecule has 1 aliphatic heterocycles. The predicted molar refractivity (Wildman–Crippen MR) is 112 cm³/mol. The predicted octanol–water partition coefficient (Wildman–Crippen LogP) is 2.92. The van der Waals surface area contributed by atoms with E-state index in [2.05, 4.69) is 5.32 Å². The molecule has 7 heteroatoms. The molecule has 0 atom stereocenters. The summed E-state index contributed by atoms with van der Waals surface area (Å²) in [6, 6.07) is 15.2. The van der Waals surface area contributed by atoms with Gasteiger partial charge >= 0.3 is 0 Å². The highest BCUT2D eigenvalue weighted by Crippen LogP contribution is 2.23. The summed E-state index contributed by atoms with van der Waals surface area (Å²) in [5.74, 6) is -0.671. The van der Waals surface area contributed by atoms with Crippen LogP contribution in [0.2, 0.25) is 0 Å². The molecule has 1 fully saturated rings. The molecule has 3 N–H and O–H groups in total. The van der Waals surface area contributed by atoms with Crippen LogP contribution in [0.25, 0.3) is 5.69 Å². The van der Waals surface area contributed by atoms with Crippen LogP contribution in [0.5, 0.6) is 11.5 Å². The van der Waals surface area contributed by atoms with E-state index < -0.39 is 0 Å². The number of piperidine rings is 1. The summed E-state index contributed by atoms with van der Waals surface area (Å²) in [7, 11) is 0. The highest BCUT2D eigenvalue weighted by Gasteiger charge is 2.25. The number of carbonyl (C=O) groups excluding carboxylic acids is 2. The van der Waals surface area contributed by atoms with Gasteiger partial charge < -0.3 is 25.0 Å². The third-order valence-electron chi connectivity index (χ3n) is 5.30. The van der Waals surface area contributed by atoms with Crippen LogP contribution in [-0.4, -0.2) is 50.6 Å². The fourth-order valence-corrected chi connectivity index (χ4v) is 3.69. The minimum atomic E-state index is -0.244. The zero-order chi connectivity index (χ0) is 21.1. The lowest BCUT2D eigenvalue weighted by Crippen LogP contribution is -2.46. The van der Waals surface area contributed by atoms with Gasteiger partial charge in [0.05, 0.1) is 0 Å². The van der Waals surface area contributed by atoms with Crippen LogP contribution in [0.15, 0.2) is 67.0 Å². The number of hydrogen-bond donors (Lipinski definition) is 3. The molecule has 4 rings (SSSR count). The van der Waals surface area contributed by atoms with Crippen molar-refractivity contribution in [2.45, 2.75) is 18.9 Å². The van der Waals surface area contributed by atoms with Crippen LogP contribution in [-0.2, 0) is 0 Å². The number of phenols is 2. The van der Waals surface area contributed by atoms with Crippen molar-refractivity contribution in [3.05, 3.63) is 78.1 Å². The molecule has 1 aromatic heterocycles. The van der Waals surface area contributed by atoms with E-state index in [0.717, 1.165) is 5.69 Å². The molecule has 0 aliphatic carbocycles. The summed E-state index contributed by atoms with van der Waals surface area (Å²) in [5.41, 5.74) is 1.83. The Balaban J connectivity index is 1.32. The Morgan fingerprint density at radius 1 is 0.867 bits per heavy atom. The first-order valence-corrected chi connectivity index (χ1v) is 9.86. The fourth-order valence-electron chi connectivity index (χ4n) is 3.69. The number of amides is 2. The number of benzene rings is 2. The Morgan fingerprint density at radius 2 is 1.47 bits per heavy atom. The second-order valence-corrected chi connectivity index (χ2v) is 7.42. The highest BCUT2D eigenvalue weighted by atomic mass is 16.3. The number of nitrogens with one attached hydrogen (secondary N) is 1. The molecule has 1 saturated heterocycles. The van der Waals surface area contributed by atoms with Gasteiger partial charge in [-0.25, -0.2) is 0 Å². The Hall–Kier alpha value is -3.74. The molecule has 0 unspecified atom stereocenters. The van der Waals surface area contributed by atoms with Gasteiger partial charge in [-0.05, 0) is 61.4 Å². The minimum Gasteiger partial charge on any atom is -0.508 e. The summed E-state index contributed by atoms with van der Waals surface area (Å²) < 4.78 is 1.97. The summed E-state index contributed by atoms with van der Waals surface area (Å²) >= 11 is 0. The number of likely N-dealkylation sites (tertiary alicyclic amines) is 1. The molecule has 154 valence electrons. The topological polar surface area (TPSA) is 94.8 Å². The van der Waals surface area contributed by atoms with E-state index in [-0.39, 0.29) is 34.9 Å². The maximum absolute atomic E-state index is 12.6. The van der Waals surface area contributed by atoms with Crippen LogP contribution in [0.3, 0.4) is 0 Å². The smallest absolute Gasteiger partial charge is 0.254 e. The average Bonchev–Trinajstić information content (AvgIpc) is 3.28. The van der Waals surface area contributed by atoms with Gasteiger partial charge in [-0.2, -0.15) is 0 Å². The molecule has 0 saturated carbocycles. The SMILES string of the molecule is O=C(NC1CCN(C(=O)c2cc(O)cc(O)c2)CC1)c1ccc(-n2cccc2)cc1. The molecule has 2 amide bonds. The monoisotopic (exact) mass is 405 g/mol.